The normalized spacial score (nSPS) is 8.00. The van der Waals surface area contributed by atoms with Gasteiger partial charge in [0.15, 0.2) is 0 Å². The molecule has 0 aliphatic heterocycles. The minimum Gasteiger partial charge on any atom is -0.263 e. The Kier molecular flexibility index (Phi) is 2.87. The average Bonchev–Trinajstić information content (AvgIpc) is 2.05. The van der Waals surface area contributed by atoms with Gasteiger partial charge in [0, 0.05) is 18.0 Å². The first-order chi connectivity index (χ1) is 5.83. The van der Waals surface area contributed by atoms with Crippen LogP contribution in [0.3, 0.4) is 0 Å². The number of rotatable bonds is 0. The van der Waals surface area contributed by atoms with E-state index in [1.807, 2.05) is 19.1 Å². The summed E-state index contributed by atoms with van der Waals surface area (Å²) in [7, 11) is 0. The van der Waals surface area contributed by atoms with Crippen molar-refractivity contribution in [3.8, 4) is 17.9 Å². The third-order valence-electron chi connectivity index (χ3n) is 1.28. The quantitative estimate of drug-likeness (QED) is 0.535. The molecule has 0 saturated heterocycles. The Labute approximate surface area is 71.9 Å². The topological polar surface area (TPSA) is 36.7 Å². The van der Waals surface area contributed by atoms with Gasteiger partial charge in [0.25, 0.3) is 0 Å². The van der Waals surface area contributed by atoms with Crippen molar-refractivity contribution in [3.05, 3.63) is 29.6 Å². The highest BCUT2D eigenvalue weighted by Gasteiger charge is 1.86. The van der Waals surface area contributed by atoms with Crippen molar-refractivity contribution in [1.82, 2.24) is 4.98 Å². The maximum atomic E-state index is 8.23. The van der Waals surface area contributed by atoms with Crippen LogP contribution in [-0.2, 0) is 0 Å². The smallest absolute Gasteiger partial charge is 0.0966 e. The molecule has 2 heteroatoms. The summed E-state index contributed by atoms with van der Waals surface area (Å²) in [6, 6.07) is 3.90. The van der Waals surface area contributed by atoms with E-state index in [1.165, 1.54) is 0 Å². The first-order valence-corrected chi connectivity index (χ1v) is 3.60. The van der Waals surface area contributed by atoms with Gasteiger partial charge in [-0.25, -0.2) is 0 Å². The molecule has 0 aliphatic carbocycles. The predicted molar refractivity (Wildman–Crippen MR) is 46.1 cm³/mol. The van der Waals surface area contributed by atoms with Gasteiger partial charge >= 0.3 is 0 Å². The van der Waals surface area contributed by atoms with Crippen molar-refractivity contribution < 1.29 is 0 Å². The van der Waals surface area contributed by atoms with Gasteiger partial charge in [-0.1, -0.05) is 11.8 Å². The molecule has 58 valence electrons. The highest BCUT2D eigenvalue weighted by atomic mass is 14.6. The van der Waals surface area contributed by atoms with Crippen LogP contribution in [-0.4, -0.2) is 4.98 Å². The molecule has 1 aromatic rings. The van der Waals surface area contributed by atoms with Crippen LogP contribution >= 0.6 is 0 Å². The van der Waals surface area contributed by atoms with Crippen LogP contribution in [0, 0.1) is 30.1 Å². The summed E-state index contributed by atoms with van der Waals surface area (Å²) in [4.78, 5) is 3.98. The number of aromatic nitrogens is 1. The Hall–Kier alpha value is -1.80. The zero-order valence-electron chi connectivity index (χ0n) is 6.83. The van der Waals surface area contributed by atoms with E-state index < -0.39 is 0 Å². The second kappa shape index (κ2) is 4.16. The third-order valence-corrected chi connectivity index (χ3v) is 1.28. The van der Waals surface area contributed by atoms with Crippen molar-refractivity contribution in [1.29, 1.82) is 5.26 Å². The van der Waals surface area contributed by atoms with Crippen LogP contribution in [0.5, 0.6) is 0 Å². The molecule has 0 aliphatic rings. The van der Waals surface area contributed by atoms with E-state index in [-0.39, 0.29) is 6.42 Å². The van der Waals surface area contributed by atoms with E-state index in [4.69, 9.17) is 5.26 Å². The first kappa shape index (κ1) is 8.30. The van der Waals surface area contributed by atoms with Crippen molar-refractivity contribution in [2.45, 2.75) is 13.3 Å². The molecule has 0 saturated carbocycles. The number of nitriles is 1. The Morgan fingerprint density at radius 1 is 1.50 bits per heavy atom. The fourth-order valence-electron chi connectivity index (χ4n) is 0.809. The second-order valence-corrected chi connectivity index (χ2v) is 2.39. The van der Waals surface area contributed by atoms with Crippen molar-refractivity contribution >= 4 is 0 Å². The van der Waals surface area contributed by atoms with E-state index in [9.17, 15) is 0 Å². The maximum absolute atomic E-state index is 8.23. The maximum Gasteiger partial charge on any atom is 0.0966 e. The minimum absolute atomic E-state index is 0.272. The van der Waals surface area contributed by atoms with Crippen molar-refractivity contribution in [3.63, 3.8) is 0 Å². The van der Waals surface area contributed by atoms with Crippen LogP contribution in [0.1, 0.15) is 17.5 Å². The summed E-state index contributed by atoms with van der Waals surface area (Å²) in [5, 5.41) is 8.23. The van der Waals surface area contributed by atoms with E-state index in [2.05, 4.69) is 16.8 Å². The van der Waals surface area contributed by atoms with E-state index in [0.717, 1.165) is 11.1 Å². The van der Waals surface area contributed by atoms with Gasteiger partial charge in [0.1, 0.15) is 0 Å². The Balaban J connectivity index is 2.79. The lowest BCUT2D eigenvalue weighted by Crippen LogP contribution is -1.79. The lowest BCUT2D eigenvalue weighted by molar-refractivity contribution is 1.25. The number of hydrogen-bond donors (Lipinski definition) is 0. The summed E-state index contributed by atoms with van der Waals surface area (Å²) in [5.41, 5.74) is 1.95. The van der Waals surface area contributed by atoms with Crippen molar-refractivity contribution in [2.24, 2.45) is 0 Å². The summed E-state index contributed by atoms with van der Waals surface area (Å²) < 4.78 is 0. The summed E-state index contributed by atoms with van der Waals surface area (Å²) in [5.74, 6) is 5.58. The molecule has 0 aromatic carbocycles. The van der Waals surface area contributed by atoms with E-state index in [1.54, 1.807) is 12.4 Å². The van der Waals surface area contributed by atoms with Crippen LogP contribution < -0.4 is 0 Å². The molecule has 1 heterocycles. The molecule has 1 aromatic heterocycles. The monoisotopic (exact) mass is 156 g/mol. The summed E-state index contributed by atoms with van der Waals surface area (Å²) in [6.07, 6.45) is 3.74. The highest BCUT2D eigenvalue weighted by Crippen LogP contribution is 1.98. The number of hydrogen-bond acceptors (Lipinski definition) is 2. The molecule has 0 spiro atoms. The summed E-state index contributed by atoms with van der Waals surface area (Å²) >= 11 is 0. The van der Waals surface area contributed by atoms with Gasteiger partial charge in [-0.2, -0.15) is 5.26 Å². The molecule has 0 atom stereocenters. The molecule has 0 amide bonds. The second-order valence-electron chi connectivity index (χ2n) is 2.39. The third kappa shape index (κ3) is 2.44. The highest BCUT2D eigenvalue weighted by molar-refractivity contribution is 5.34. The molecule has 2 nitrogen and oxygen atoms in total. The number of aryl methyl sites for hydroxylation is 1. The average molecular weight is 156 g/mol. The molecular formula is C10H8N2. The SMILES string of the molecule is Cc1cncc(C#CCC#N)c1. The molecule has 0 unspecified atom stereocenters. The van der Waals surface area contributed by atoms with E-state index >= 15 is 0 Å². The van der Waals surface area contributed by atoms with Crippen LogP contribution in [0.25, 0.3) is 0 Å². The lowest BCUT2D eigenvalue weighted by Gasteiger charge is -1.90. The molecule has 0 bridgehead atoms. The van der Waals surface area contributed by atoms with Crippen molar-refractivity contribution in [2.75, 3.05) is 0 Å². The zero-order valence-corrected chi connectivity index (χ0v) is 6.83. The van der Waals surface area contributed by atoms with Gasteiger partial charge < -0.3 is 0 Å². The van der Waals surface area contributed by atoms with Crippen LogP contribution in [0.2, 0.25) is 0 Å². The first-order valence-electron chi connectivity index (χ1n) is 3.60. The lowest BCUT2D eigenvalue weighted by atomic mass is 10.2. The summed E-state index contributed by atoms with van der Waals surface area (Å²) in [6.45, 7) is 1.96. The van der Waals surface area contributed by atoms with Gasteiger partial charge in [-0.15, -0.1) is 0 Å². The Bertz CT molecular complexity index is 363. The molecule has 0 radical (unpaired) electrons. The van der Waals surface area contributed by atoms with Gasteiger partial charge in [-0.3, -0.25) is 4.98 Å². The Morgan fingerprint density at radius 3 is 3.00 bits per heavy atom. The standard InChI is InChI=1S/C10H8N2/c1-9-6-10(8-12-7-9)4-2-3-5-11/h6-8H,3H2,1H3. The number of nitrogens with zero attached hydrogens (tertiary/aromatic N) is 2. The molecule has 0 fully saturated rings. The minimum atomic E-state index is 0.272. The van der Waals surface area contributed by atoms with Gasteiger partial charge in [0.2, 0.25) is 0 Å². The Morgan fingerprint density at radius 2 is 2.33 bits per heavy atom. The van der Waals surface area contributed by atoms with Crippen LogP contribution in [0.15, 0.2) is 18.5 Å². The van der Waals surface area contributed by atoms with Gasteiger partial charge in [0.05, 0.1) is 12.5 Å². The molecular weight excluding hydrogens is 148 g/mol. The predicted octanol–water partition coefficient (Wildman–Crippen LogP) is 1.66. The van der Waals surface area contributed by atoms with Gasteiger partial charge in [-0.05, 0) is 18.6 Å². The molecule has 12 heavy (non-hydrogen) atoms. The van der Waals surface area contributed by atoms with Crippen LogP contribution in [0.4, 0.5) is 0 Å². The fourth-order valence-corrected chi connectivity index (χ4v) is 0.809. The fraction of sp³-hybridized carbons (Fsp3) is 0.200. The largest absolute Gasteiger partial charge is 0.263 e. The number of pyridine rings is 1. The molecule has 0 N–H and O–H groups in total. The zero-order chi connectivity index (χ0) is 8.81. The van der Waals surface area contributed by atoms with E-state index in [0.29, 0.717) is 0 Å². The molecule has 1 rings (SSSR count).